The summed E-state index contributed by atoms with van der Waals surface area (Å²) in [7, 11) is 1.57. The maximum Gasteiger partial charge on any atom is 0.255 e. The van der Waals surface area contributed by atoms with Gasteiger partial charge in [-0.1, -0.05) is 53.5 Å². The molecule has 0 saturated carbocycles. The fourth-order valence-electron chi connectivity index (χ4n) is 4.36. The van der Waals surface area contributed by atoms with Gasteiger partial charge in [0.15, 0.2) is 11.5 Å². The first-order chi connectivity index (χ1) is 18.4. The third-order valence-corrected chi connectivity index (χ3v) is 6.92. The lowest BCUT2D eigenvalue weighted by atomic mass is 9.94. The monoisotopic (exact) mass is 549 g/mol. The van der Waals surface area contributed by atoms with E-state index >= 15 is 0 Å². The van der Waals surface area contributed by atoms with Crippen LogP contribution in [0.2, 0.25) is 10.0 Å². The Bertz CT molecular complexity index is 1550. The molecule has 0 saturated heterocycles. The van der Waals surface area contributed by atoms with Crippen LogP contribution >= 0.6 is 23.2 Å². The number of hydrogen-bond donors (Lipinski definition) is 2. The van der Waals surface area contributed by atoms with Gasteiger partial charge in [-0.2, -0.15) is 10.1 Å². The third kappa shape index (κ3) is 5.05. The van der Waals surface area contributed by atoms with Gasteiger partial charge in [0.25, 0.3) is 5.91 Å². The van der Waals surface area contributed by atoms with Gasteiger partial charge < -0.3 is 20.1 Å². The van der Waals surface area contributed by atoms with Gasteiger partial charge in [0.2, 0.25) is 5.95 Å². The van der Waals surface area contributed by atoms with Crippen molar-refractivity contribution < 1.29 is 14.3 Å². The van der Waals surface area contributed by atoms with Crippen molar-refractivity contribution in [2.24, 2.45) is 0 Å². The molecule has 8 nitrogen and oxygen atoms in total. The smallest absolute Gasteiger partial charge is 0.255 e. The number of aromatic nitrogens is 3. The SMILES string of the molecule is COc1cc(C2C(C(=O)Nc3ccccc3C)=C(C)Nc3ncnn32)ccc1OCc1ccc(Cl)cc1Cl. The number of aryl methyl sites for hydroxylation is 1. The molecule has 3 aromatic carbocycles. The minimum absolute atomic E-state index is 0.232. The van der Waals surface area contributed by atoms with Crippen LogP contribution < -0.4 is 20.1 Å². The zero-order chi connectivity index (χ0) is 26.8. The molecular formula is C28H25Cl2N5O3. The van der Waals surface area contributed by atoms with Crippen molar-refractivity contribution in [3.63, 3.8) is 0 Å². The number of benzene rings is 3. The number of nitrogens with zero attached hydrogens (tertiary/aromatic N) is 3. The first-order valence-corrected chi connectivity index (χ1v) is 12.6. The average molecular weight is 550 g/mol. The number of nitrogens with one attached hydrogen (secondary N) is 2. The van der Waals surface area contributed by atoms with E-state index < -0.39 is 6.04 Å². The molecule has 0 radical (unpaired) electrons. The van der Waals surface area contributed by atoms with Gasteiger partial charge >= 0.3 is 0 Å². The van der Waals surface area contributed by atoms with Gasteiger partial charge in [-0.05, 0) is 55.3 Å². The fraction of sp³-hybridized carbons (Fsp3) is 0.179. The number of carbonyl (C=O) groups is 1. The molecule has 1 aliphatic rings. The predicted octanol–water partition coefficient (Wildman–Crippen LogP) is 6.41. The summed E-state index contributed by atoms with van der Waals surface area (Å²) in [5.41, 5.74) is 4.46. The summed E-state index contributed by atoms with van der Waals surface area (Å²) in [4.78, 5) is 17.9. The van der Waals surface area contributed by atoms with Crippen LogP contribution in [0.3, 0.4) is 0 Å². The van der Waals surface area contributed by atoms with E-state index in [1.165, 1.54) is 6.33 Å². The molecule has 2 heterocycles. The minimum atomic E-state index is -0.550. The van der Waals surface area contributed by atoms with Gasteiger partial charge in [0, 0.05) is 27.0 Å². The Balaban J connectivity index is 1.48. The van der Waals surface area contributed by atoms with Crippen LogP contribution in [0.25, 0.3) is 0 Å². The van der Waals surface area contributed by atoms with Gasteiger partial charge in [-0.25, -0.2) is 4.68 Å². The first kappa shape index (κ1) is 25.6. The predicted molar refractivity (Wildman–Crippen MR) is 148 cm³/mol. The lowest BCUT2D eigenvalue weighted by Gasteiger charge is -2.29. The van der Waals surface area contributed by atoms with Crippen molar-refractivity contribution in [3.05, 3.63) is 105 Å². The van der Waals surface area contributed by atoms with Crippen LogP contribution in [-0.2, 0) is 11.4 Å². The lowest BCUT2D eigenvalue weighted by Crippen LogP contribution is -2.31. The molecule has 0 bridgehead atoms. The Labute approximate surface area is 230 Å². The molecule has 5 rings (SSSR count). The van der Waals surface area contributed by atoms with Gasteiger partial charge in [0.05, 0.1) is 12.7 Å². The van der Waals surface area contributed by atoms with Crippen molar-refractivity contribution >= 4 is 40.7 Å². The van der Waals surface area contributed by atoms with Gasteiger partial charge in [-0.3, -0.25) is 4.79 Å². The normalized spacial score (nSPS) is 14.5. The van der Waals surface area contributed by atoms with Gasteiger partial charge in [0.1, 0.15) is 19.0 Å². The second-order valence-electron chi connectivity index (χ2n) is 8.80. The molecule has 194 valence electrons. The second kappa shape index (κ2) is 10.8. The van der Waals surface area contributed by atoms with E-state index in [9.17, 15) is 4.79 Å². The molecule has 0 fully saturated rings. The summed E-state index contributed by atoms with van der Waals surface area (Å²) in [6.07, 6.45) is 1.45. The number of halogens is 2. The number of fused-ring (bicyclic) bond motifs is 1. The summed E-state index contributed by atoms with van der Waals surface area (Å²) in [5.74, 6) is 1.33. The van der Waals surface area contributed by atoms with E-state index in [1.54, 1.807) is 23.9 Å². The maximum atomic E-state index is 13.6. The van der Waals surface area contributed by atoms with Crippen LogP contribution in [0.5, 0.6) is 11.5 Å². The highest BCUT2D eigenvalue weighted by atomic mass is 35.5. The zero-order valence-corrected chi connectivity index (χ0v) is 22.5. The molecule has 4 aromatic rings. The molecule has 1 aliphatic heterocycles. The van der Waals surface area contributed by atoms with Crippen molar-refractivity contribution in [2.45, 2.75) is 26.5 Å². The van der Waals surface area contributed by atoms with Crippen molar-refractivity contribution in [2.75, 3.05) is 17.7 Å². The Hall–Kier alpha value is -4.01. The van der Waals surface area contributed by atoms with Crippen LogP contribution in [0, 0.1) is 6.92 Å². The quantitative estimate of drug-likeness (QED) is 0.277. The highest BCUT2D eigenvalue weighted by molar-refractivity contribution is 6.35. The van der Waals surface area contributed by atoms with Crippen molar-refractivity contribution in [1.29, 1.82) is 0 Å². The number of ether oxygens (including phenoxy) is 2. The van der Waals surface area contributed by atoms with E-state index in [2.05, 4.69) is 20.7 Å². The fourth-order valence-corrected chi connectivity index (χ4v) is 4.83. The maximum absolute atomic E-state index is 13.6. The molecule has 2 N–H and O–H groups in total. The summed E-state index contributed by atoms with van der Waals surface area (Å²) < 4.78 is 13.4. The molecule has 0 aliphatic carbocycles. The summed E-state index contributed by atoms with van der Waals surface area (Å²) in [6.45, 7) is 4.03. The van der Waals surface area contributed by atoms with Crippen molar-refractivity contribution in [3.8, 4) is 11.5 Å². The molecular weight excluding hydrogens is 525 g/mol. The lowest BCUT2D eigenvalue weighted by molar-refractivity contribution is -0.113. The number of para-hydroxylation sites is 1. The number of anilines is 2. The van der Waals surface area contributed by atoms with Gasteiger partial charge in [-0.15, -0.1) is 0 Å². The van der Waals surface area contributed by atoms with Crippen LogP contribution in [0.15, 0.2) is 78.3 Å². The highest BCUT2D eigenvalue weighted by Gasteiger charge is 2.34. The number of carbonyl (C=O) groups excluding carboxylic acids is 1. The molecule has 1 atom stereocenters. The minimum Gasteiger partial charge on any atom is -0.493 e. The molecule has 10 heteroatoms. The van der Waals surface area contributed by atoms with E-state index in [0.717, 1.165) is 22.4 Å². The van der Waals surface area contributed by atoms with Crippen LogP contribution in [0.4, 0.5) is 11.6 Å². The Morgan fingerprint density at radius 1 is 1.08 bits per heavy atom. The molecule has 38 heavy (non-hydrogen) atoms. The number of allylic oxidation sites excluding steroid dienone is 1. The Kier molecular flexibility index (Phi) is 7.26. The van der Waals surface area contributed by atoms with E-state index in [0.29, 0.717) is 38.8 Å². The average Bonchev–Trinajstić information content (AvgIpc) is 3.36. The van der Waals surface area contributed by atoms with Crippen LogP contribution in [-0.4, -0.2) is 27.8 Å². The third-order valence-electron chi connectivity index (χ3n) is 6.33. The summed E-state index contributed by atoms with van der Waals surface area (Å²) in [6, 6.07) is 17.9. The molecule has 0 spiro atoms. The second-order valence-corrected chi connectivity index (χ2v) is 9.64. The van der Waals surface area contributed by atoms with E-state index in [1.807, 2.05) is 62.4 Å². The largest absolute Gasteiger partial charge is 0.493 e. The standard InChI is InChI=1S/C28H25Cl2N5O3/c1-16-6-4-5-7-22(16)34-27(36)25-17(2)33-28-31-15-32-35(28)26(25)18-9-11-23(24(12-18)37-3)38-14-19-8-10-20(29)13-21(19)30/h4-13,15,26H,14H2,1-3H3,(H,34,36)(H,31,32,33). The number of methoxy groups -OCH3 is 1. The summed E-state index contributed by atoms with van der Waals surface area (Å²) >= 11 is 12.3. The summed E-state index contributed by atoms with van der Waals surface area (Å²) in [5, 5.41) is 11.7. The molecule has 1 unspecified atom stereocenters. The topological polar surface area (TPSA) is 90.3 Å². The number of rotatable bonds is 7. The number of hydrogen-bond acceptors (Lipinski definition) is 6. The molecule has 1 aromatic heterocycles. The zero-order valence-electron chi connectivity index (χ0n) is 21.0. The first-order valence-electron chi connectivity index (χ1n) is 11.8. The van der Waals surface area contributed by atoms with Crippen molar-refractivity contribution in [1.82, 2.24) is 14.8 Å². The Morgan fingerprint density at radius 2 is 1.89 bits per heavy atom. The molecule has 1 amide bonds. The highest BCUT2D eigenvalue weighted by Crippen LogP contribution is 2.39. The van der Waals surface area contributed by atoms with Crippen LogP contribution in [0.1, 0.15) is 29.7 Å². The van der Waals surface area contributed by atoms with E-state index in [-0.39, 0.29) is 12.5 Å². The Morgan fingerprint density at radius 3 is 2.66 bits per heavy atom. The van der Waals surface area contributed by atoms with E-state index in [4.69, 9.17) is 32.7 Å². The number of amides is 1.